The Hall–Kier alpha value is -2.38. The lowest BCUT2D eigenvalue weighted by atomic mass is 10.0. The third-order valence-corrected chi connectivity index (χ3v) is 3.49. The summed E-state index contributed by atoms with van der Waals surface area (Å²) in [6, 6.07) is 24.8. The monoisotopic (exact) mass is 259 g/mol. The molecule has 0 heterocycles. The highest BCUT2D eigenvalue weighted by molar-refractivity contribution is 5.90. The van der Waals surface area contributed by atoms with E-state index >= 15 is 0 Å². The first-order valence-electron chi connectivity index (χ1n) is 6.81. The van der Waals surface area contributed by atoms with Crippen molar-refractivity contribution >= 4 is 16.8 Å². The molecule has 98 valence electrons. The van der Waals surface area contributed by atoms with E-state index in [0.29, 0.717) is 0 Å². The van der Waals surface area contributed by atoms with Crippen molar-refractivity contribution in [2.75, 3.05) is 0 Å². The Morgan fingerprint density at radius 3 is 2.30 bits per heavy atom. The van der Waals surface area contributed by atoms with Crippen LogP contribution in [-0.4, -0.2) is 0 Å². The number of fused-ring (bicyclic) bond motifs is 1. The van der Waals surface area contributed by atoms with Crippen LogP contribution in [-0.2, 0) is 0 Å². The topological polar surface area (TPSA) is 26.0 Å². The standard InChI is InChI=1S/C19H17N/c20-19(17-8-2-1-3-9-17)14-13-16-11-6-10-15-7-4-5-12-18(15)16/h1-14,19H,20H2. The van der Waals surface area contributed by atoms with E-state index in [-0.39, 0.29) is 6.04 Å². The van der Waals surface area contributed by atoms with Gasteiger partial charge in [-0.3, -0.25) is 0 Å². The molecular formula is C19H17N. The minimum absolute atomic E-state index is 0.0739. The second-order valence-corrected chi connectivity index (χ2v) is 4.86. The Balaban J connectivity index is 1.91. The summed E-state index contributed by atoms with van der Waals surface area (Å²) in [4.78, 5) is 0. The lowest BCUT2D eigenvalue weighted by Crippen LogP contribution is -2.06. The number of benzene rings is 3. The summed E-state index contributed by atoms with van der Waals surface area (Å²) in [5, 5.41) is 2.51. The molecule has 0 aromatic heterocycles. The zero-order valence-electron chi connectivity index (χ0n) is 11.2. The summed E-state index contributed by atoms with van der Waals surface area (Å²) in [5.41, 5.74) is 8.53. The molecule has 0 amide bonds. The molecule has 20 heavy (non-hydrogen) atoms. The van der Waals surface area contributed by atoms with E-state index in [4.69, 9.17) is 5.73 Å². The Morgan fingerprint density at radius 1 is 0.750 bits per heavy atom. The normalized spacial score (nSPS) is 12.8. The van der Waals surface area contributed by atoms with Crippen LogP contribution in [0.1, 0.15) is 17.2 Å². The van der Waals surface area contributed by atoms with Gasteiger partial charge in [0.05, 0.1) is 0 Å². The van der Waals surface area contributed by atoms with E-state index in [1.165, 1.54) is 16.3 Å². The Bertz CT molecular complexity index is 724. The van der Waals surface area contributed by atoms with Crippen molar-refractivity contribution in [2.45, 2.75) is 6.04 Å². The van der Waals surface area contributed by atoms with Crippen molar-refractivity contribution in [1.29, 1.82) is 0 Å². The van der Waals surface area contributed by atoms with Crippen LogP contribution in [0, 0.1) is 0 Å². The molecule has 0 saturated heterocycles. The van der Waals surface area contributed by atoms with Crippen LogP contribution >= 0.6 is 0 Å². The average Bonchev–Trinajstić information content (AvgIpc) is 2.53. The molecule has 0 saturated carbocycles. The van der Waals surface area contributed by atoms with E-state index < -0.39 is 0 Å². The summed E-state index contributed by atoms with van der Waals surface area (Å²) in [7, 11) is 0. The largest absolute Gasteiger partial charge is 0.321 e. The first kappa shape index (κ1) is 12.6. The maximum absolute atomic E-state index is 6.20. The van der Waals surface area contributed by atoms with E-state index in [9.17, 15) is 0 Å². The molecule has 2 N–H and O–H groups in total. The third-order valence-electron chi connectivity index (χ3n) is 3.49. The molecule has 0 aliphatic heterocycles. The highest BCUT2D eigenvalue weighted by atomic mass is 14.6. The quantitative estimate of drug-likeness (QED) is 0.733. The minimum atomic E-state index is -0.0739. The SMILES string of the molecule is NC(C=Cc1cccc2ccccc12)c1ccccc1. The lowest BCUT2D eigenvalue weighted by molar-refractivity contribution is 0.916. The molecule has 0 aliphatic rings. The van der Waals surface area contributed by atoms with E-state index in [1.807, 2.05) is 18.2 Å². The molecular weight excluding hydrogens is 242 g/mol. The van der Waals surface area contributed by atoms with Crippen LogP contribution in [0.3, 0.4) is 0 Å². The summed E-state index contributed by atoms with van der Waals surface area (Å²) in [5.74, 6) is 0. The van der Waals surface area contributed by atoms with Crippen molar-refractivity contribution in [3.05, 3.63) is 90.0 Å². The number of hydrogen-bond donors (Lipinski definition) is 1. The predicted octanol–water partition coefficient (Wildman–Crippen LogP) is 4.55. The Labute approximate surface area is 119 Å². The van der Waals surface area contributed by atoms with Gasteiger partial charge in [0.1, 0.15) is 0 Å². The highest BCUT2D eigenvalue weighted by Crippen LogP contribution is 2.21. The summed E-state index contributed by atoms with van der Waals surface area (Å²) in [6.45, 7) is 0. The van der Waals surface area contributed by atoms with Crippen molar-refractivity contribution in [2.24, 2.45) is 5.73 Å². The van der Waals surface area contributed by atoms with Crippen LogP contribution in [0.4, 0.5) is 0 Å². The molecule has 3 aromatic rings. The molecule has 3 rings (SSSR count). The summed E-state index contributed by atoms with van der Waals surface area (Å²) in [6.07, 6.45) is 4.16. The van der Waals surface area contributed by atoms with Gasteiger partial charge in [0.15, 0.2) is 0 Å². The second-order valence-electron chi connectivity index (χ2n) is 4.86. The first-order chi connectivity index (χ1) is 9.84. The molecule has 0 fully saturated rings. The van der Waals surface area contributed by atoms with Gasteiger partial charge >= 0.3 is 0 Å². The number of rotatable bonds is 3. The van der Waals surface area contributed by atoms with Gasteiger partial charge in [-0.15, -0.1) is 0 Å². The van der Waals surface area contributed by atoms with Crippen LogP contribution in [0.2, 0.25) is 0 Å². The van der Waals surface area contributed by atoms with E-state index in [2.05, 4.69) is 66.7 Å². The molecule has 1 nitrogen and oxygen atoms in total. The zero-order chi connectivity index (χ0) is 13.8. The molecule has 3 aromatic carbocycles. The molecule has 0 spiro atoms. The summed E-state index contributed by atoms with van der Waals surface area (Å²) < 4.78 is 0. The van der Waals surface area contributed by atoms with Crippen LogP contribution in [0.15, 0.2) is 78.9 Å². The Kier molecular flexibility index (Phi) is 3.62. The average molecular weight is 259 g/mol. The van der Waals surface area contributed by atoms with Gasteiger partial charge in [-0.2, -0.15) is 0 Å². The maximum Gasteiger partial charge on any atom is 0.0484 e. The van der Waals surface area contributed by atoms with Crippen LogP contribution in [0.5, 0.6) is 0 Å². The lowest BCUT2D eigenvalue weighted by Gasteiger charge is -2.07. The molecule has 1 unspecified atom stereocenters. The maximum atomic E-state index is 6.20. The number of nitrogens with two attached hydrogens (primary N) is 1. The van der Waals surface area contributed by atoms with Gasteiger partial charge < -0.3 is 5.73 Å². The predicted molar refractivity (Wildman–Crippen MR) is 86.4 cm³/mol. The highest BCUT2D eigenvalue weighted by Gasteiger charge is 2.01. The fourth-order valence-electron chi connectivity index (χ4n) is 2.39. The molecule has 1 heteroatoms. The van der Waals surface area contributed by atoms with Crippen LogP contribution < -0.4 is 5.73 Å². The molecule has 0 aliphatic carbocycles. The molecule has 1 atom stereocenters. The van der Waals surface area contributed by atoms with Gasteiger partial charge in [0.2, 0.25) is 0 Å². The molecule has 0 radical (unpaired) electrons. The van der Waals surface area contributed by atoms with Crippen molar-refractivity contribution in [3.8, 4) is 0 Å². The van der Waals surface area contributed by atoms with E-state index in [0.717, 1.165) is 5.56 Å². The van der Waals surface area contributed by atoms with Crippen molar-refractivity contribution < 1.29 is 0 Å². The zero-order valence-corrected chi connectivity index (χ0v) is 11.2. The van der Waals surface area contributed by atoms with Crippen LogP contribution in [0.25, 0.3) is 16.8 Å². The fourth-order valence-corrected chi connectivity index (χ4v) is 2.39. The van der Waals surface area contributed by atoms with Gasteiger partial charge in [0, 0.05) is 6.04 Å². The second kappa shape index (κ2) is 5.72. The smallest absolute Gasteiger partial charge is 0.0484 e. The number of hydrogen-bond acceptors (Lipinski definition) is 1. The third kappa shape index (κ3) is 2.63. The van der Waals surface area contributed by atoms with E-state index in [1.54, 1.807) is 0 Å². The minimum Gasteiger partial charge on any atom is -0.321 e. The van der Waals surface area contributed by atoms with Crippen molar-refractivity contribution in [3.63, 3.8) is 0 Å². The van der Waals surface area contributed by atoms with Gasteiger partial charge in [-0.25, -0.2) is 0 Å². The van der Waals surface area contributed by atoms with Gasteiger partial charge in [-0.05, 0) is 21.9 Å². The molecule has 0 bridgehead atoms. The van der Waals surface area contributed by atoms with Crippen molar-refractivity contribution in [1.82, 2.24) is 0 Å². The first-order valence-corrected chi connectivity index (χ1v) is 6.81. The fraction of sp³-hybridized carbons (Fsp3) is 0.0526. The van der Waals surface area contributed by atoms with Gasteiger partial charge in [-0.1, -0.05) is 84.9 Å². The Morgan fingerprint density at radius 2 is 1.45 bits per heavy atom. The summed E-state index contributed by atoms with van der Waals surface area (Å²) >= 11 is 0. The van der Waals surface area contributed by atoms with Gasteiger partial charge in [0.25, 0.3) is 0 Å².